The SMILES string of the molecule is COc1cc2c(cc1OC)CN(C(=O)c1ccc3c(c1)nc(C(F)(F)F)n3C(C)C)CC2. The molecule has 0 spiro atoms. The number of methoxy groups -OCH3 is 2. The molecule has 0 radical (unpaired) electrons. The molecule has 0 fully saturated rings. The molecule has 0 N–H and O–H groups in total. The van der Waals surface area contributed by atoms with E-state index >= 15 is 0 Å². The Hall–Kier alpha value is -3.23. The van der Waals surface area contributed by atoms with Gasteiger partial charge in [-0.3, -0.25) is 4.79 Å². The lowest BCUT2D eigenvalue weighted by Crippen LogP contribution is -2.36. The fraction of sp³-hybridized carbons (Fsp3) is 0.391. The van der Waals surface area contributed by atoms with E-state index in [1.807, 2.05) is 12.1 Å². The van der Waals surface area contributed by atoms with Crippen molar-refractivity contribution in [3.8, 4) is 11.5 Å². The van der Waals surface area contributed by atoms with Gasteiger partial charge < -0.3 is 18.9 Å². The molecule has 9 heteroatoms. The van der Waals surface area contributed by atoms with Crippen LogP contribution in [0.3, 0.4) is 0 Å². The molecular formula is C23H24F3N3O3. The molecule has 2 heterocycles. The van der Waals surface area contributed by atoms with E-state index in [-0.39, 0.29) is 11.4 Å². The van der Waals surface area contributed by atoms with Crippen LogP contribution in [0.4, 0.5) is 13.2 Å². The number of rotatable bonds is 4. The van der Waals surface area contributed by atoms with Gasteiger partial charge in [-0.25, -0.2) is 4.98 Å². The lowest BCUT2D eigenvalue weighted by molar-refractivity contribution is -0.147. The monoisotopic (exact) mass is 447 g/mol. The fourth-order valence-electron chi connectivity index (χ4n) is 4.19. The van der Waals surface area contributed by atoms with E-state index in [2.05, 4.69) is 4.98 Å². The Balaban J connectivity index is 1.66. The first-order valence-electron chi connectivity index (χ1n) is 10.3. The Kier molecular flexibility index (Phi) is 5.52. The highest BCUT2D eigenvalue weighted by atomic mass is 19.4. The Morgan fingerprint density at radius 2 is 1.72 bits per heavy atom. The summed E-state index contributed by atoms with van der Waals surface area (Å²) in [7, 11) is 3.13. The van der Waals surface area contributed by atoms with Crippen molar-refractivity contribution in [3.05, 3.63) is 52.8 Å². The first-order valence-corrected chi connectivity index (χ1v) is 10.3. The normalized spacial score (nSPS) is 14.1. The number of amides is 1. The molecule has 3 aromatic rings. The van der Waals surface area contributed by atoms with Crippen LogP contribution in [-0.2, 0) is 19.1 Å². The van der Waals surface area contributed by atoms with Gasteiger partial charge in [0.05, 0.1) is 25.3 Å². The van der Waals surface area contributed by atoms with Gasteiger partial charge in [0.15, 0.2) is 11.5 Å². The summed E-state index contributed by atoms with van der Waals surface area (Å²) in [5.41, 5.74) is 2.84. The minimum Gasteiger partial charge on any atom is -0.493 e. The maximum atomic E-state index is 13.5. The van der Waals surface area contributed by atoms with Crippen molar-refractivity contribution in [2.24, 2.45) is 0 Å². The maximum absolute atomic E-state index is 13.5. The molecule has 6 nitrogen and oxygen atoms in total. The quantitative estimate of drug-likeness (QED) is 0.574. The lowest BCUT2D eigenvalue weighted by Gasteiger charge is -2.29. The number of carbonyl (C=O) groups is 1. The van der Waals surface area contributed by atoms with Crippen molar-refractivity contribution < 1.29 is 27.4 Å². The number of hydrogen-bond acceptors (Lipinski definition) is 4. The standard InChI is InChI=1S/C23H24F3N3O3/c1-13(2)29-18-6-5-15(9-17(18)27-22(29)23(24,25)26)21(30)28-8-7-14-10-19(31-3)20(32-4)11-16(14)12-28/h5-6,9-11,13H,7-8,12H2,1-4H3. The molecule has 0 atom stereocenters. The van der Waals surface area contributed by atoms with Gasteiger partial charge in [-0.05, 0) is 61.7 Å². The molecule has 4 rings (SSSR count). The smallest absolute Gasteiger partial charge is 0.449 e. The average Bonchev–Trinajstić information content (AvgIpc) is 3.17. The highest BCUT2D eigenvalue weighted by Gasteiger charge is 2.38. The summed E-state index contributed by atoms with van der Waals surface area (Å²) >= 11 is 0. The molecule has 1 aromatic heterocycles. The number of nitrogens with zero attached hydrogens (tertiary/aromatic N) is 3. The number of ether oxygens (including phenoxy) is 2. The van der Waals surface area contributed by atoms with Crippen LogP contribution in [0.1, 0.15) is 47.2 Å². The summed E-state index contributed by atoms with van der Waals surface area (Å²) < 4.78 is 52.3. The van der Waals surface area contributed by atoms with Crippen LogP contribution < -0.4 is 9.47 Å². The molecule has 0 saturated heterocycles. The van der Waals surface area contributed by atoms with E-state index in [0.29, 0.717) is 42.1 Å². The van der Waals surface area contributed by atoms with Gasteiger partial charge in [0.25, 0.3) is 5.91 Å². The van der Waals surface area contributed by atoms with Gasteiger partial charge in [0.2, 0.25) is 5.82 Å². The van der Waals surface area contributed by atoms with E-state index in [1.165, 1.54) is 12.1 Å². The Morgan fingerprint density at radius 3 is 2.31 bits per heavy atom. The van der Waals surface area contributed by atoms with Crippen LogP contribution in [0, 0.1) is 0 Å². The molecule has 1 amide bonds. The van der Waals surface area contributed by atoms with Crippen molar-refractivity contribution >= 4 is 16.9 Å². The second-order valence-electron chi connectivity index (χ2n) is 8.05. The van der Waals surface area contributed by atoms with Gasteiger partial charge >= 0.3 is 6.18 Å². The molecule has 0 bridgehead atoms. The predicted molar refractivity (Wildman–Crippen MR) is 113 cm³/mol. The summed E-state index contributed by atoms with van der Waals surface area (Å²) in [6, 6.07) is 7.89. The summed E-state index contributed by atoms with van der Waals surface area (Å²) in [6.07, 6.45) is -3.94. The average molecular weight is 447 g/mol. The van der Waals surface area contributed by atoms with E-state index in [9.17, 15) is 18.0 Å². The van der Waals surface area contributed by atoms with Gasteiger partial charge in [-0.2, -0.15) is 13.2 Å². The number of benzene rings is 2. The molecule has 1 aliphatic rings. The minimum absolute atomic E-state index is 0.153. The number of hydrogen-bond donors (Lipinski definition) is 0. The van der Waals surface area contributed by atoms with Crippen molar-refractivity contribution in [2.75, 3.05) is 20.8 Å². The second-order valence-corrected chi connectivity index (χ2v) is 8.05. The zero-order valence-electron chi connectivity index (χ0n) is 18.3. The van der Waals surface area contributed by atoms with Crippen LogP contribution >= 0.6 is 0 Å². The molecule has 1 aliphatic heterocycles. The Bertz CT molecular complexity index is 1180. The number of halogens is 3. The Labute approximate surface area is 183 Å². The minimum atomic E-state index is -4.58. The van der Waals surface area contributed by atoms with Crippen molar-refractivity contribution in [1.29, 1.82) is 0 Å². The summed E-state index contributed by atoms with van der Waals surface area (Å²) in [5, 5.41) is 0. The number of carbonyl (C=O) groups excluding carboxylic acids is 1. The second kappa shape index (κ2) is 8.03. The molecule has 0 saturated carbocycles. The third-order valence-corrected chi connectivity index (χ3v) is 5.71. The van der Waals surface area contributed by atoms with Gasteiger partial charge in [-0.1, -0.05) is 0 Å². The lowest BCUT2D eigenvalue weighted by atomic mass is 9.98. The van der Waals surface area contributed by atoms with Gasteiger partial charge in [-0.15, -0.1) is 0 Å². The molecule has 170 valence electrons. The molecule has 32 heavy (non-hydrogen) atoms. The number of alkyl halides is 3. The predicted octanol–water partition coefficient (Wildman–Crippen LogP) is 4.85. The fourth-order valence-corrected chi connectivity index (χ4v) is 4.19. The topological polar surface area (TPSA) is 56.6 Å². The highest BCUT2D eigenvalue weighted by molar-refractivity contribution is 5.97. The van der Waals surface area contributed by atoms with E-state index in [0.717, 1.165) is 15.7 Å². The van der Waals surface area contributed by atoms with Crippen LogP contribution in [0.2, 0.25) is 0 Å². The van der Waals surface area contributed by atoms with Crippen molar-refractivity contribution in [1.82, 2.24) is 14.5 Å². The van der Waals surface area contributed by atoms with Crippen LogP contribution in [0.15, 0.2) is 30.3 Å². The zero-order chi connectivity index (χ0) is 23.2. The maximum Gasteiger partial charge on any atom is 0.449 e. The number of fused-ring (bicyclic) bond motifs is 2. The largest absolute Gasteiger partial charge is 0.493 e. The molecule has 0 aliphatic carbocycles. The van der Waals surface area contributed by atoms with E-state index in [4.69, 9.17) is 9.47 Å². The zero-order valence-corrected chi connectivity index (χ0v) is 18.3. The van der Waals surface area contributed by atoms with Crippen LogP contribution in [0.25, 0.3) is 11.0 Å². The van der Waals surface area contributed by atoms with Crippen molar-refractivity contribution in [3.63, 3.8) is 0 Å². The highest BCUT2D eigenvalue weighted by Crippen LogP contribution is 2.35. The van der Waals surface area contributed by atoms with Crippen LogP contribution in [0.5, 0.6) is 11.5 Å². The van der Waals surface area contributed by atoms with E-state index < -0.39 is 18.0 Å². The number of imidazole rings is 1. The summed E-state index contributed by atoms with van der Waals surface area (Å²) in [4.78, 5) is 18.7. The molecule has 2 aromatic carbocycles. The third kappa shape index (κ3) is 3.76. The van der Waals surface area contributed by atoms with Gasteiger partial charge in [0.1, 0.15) is 0 Å². The summed E-state index contributed by atoms with van der Waals surface area (Å²) in [6.45, 7) is 4.21. The third-order valence-electron chi connectivity index (χ3n) is 5.71. The first kappa shape index (κ1) is 22.0. The summed E-state index contributed by atoms with van der Waals surface area (Å²) in [5.74, 6) is 0.0126. The molecular weight excluding hydrogens is 423 g/mol. The Morgan fingerprint density at radius 1 is 1.06 bits per heavy atom. The molecule has 0 unspecified atom stereocenters. The first-order chi connectivity index (χ1) is 15.1. The number of aromatic nitrogens is 2. The van der Waals surface area contributed by atoms with E-state index in [1.54, 1.807) is 39.0 Å². The van der Waals surface area contributed by atoms with Crippen LogP contribution in [-0.4, -0.2) is 41.1 Å². The van der Waals surface area contributed by atoms with Gasteiger partial charge in [0, 0.05) is 24.7 Å². The van der Waals surface area contributed by atoms with Crippen molar-refractivity contribution in [2.45, 2.75) is 39.0 Å².